The van der Waals surface area contributed by atoms with Gasteiger partial charge in [-0.1, -0.05) is 29.8 Å². The summed E-state index contributed by atoms with van der Waals surface area (Å²) in [5.41, 5.74) is 3.49. The van der Waals surface area contributed by atoms with Crippen molar-refractivity contribution >= 4 is 29.2 Å². The van der Waals surface area contributed by atoms with E-state index in [0.717, 1.165) is 11.1 Å². The molecule has 1 unspecified atom stereocenters. The second-order valence-electron chi connectivity index (χ2n) is 8.38. The number of carboxylic acid groups (broad SMARTS) is 1. The van der Waals surface area contributed by atoms with Crippen LogP contribution < -0.4 is 10.1 Å². The van der Waals surface area contributed by atoms with Gasteiger partial charge in [0.2, 0.25) is 5.95 Å². The summed E-state index contributed by atoms with van der Waals surface area (Å²) < 4.78 is 25.7. The third kappa shape index (κ3) is 4.65. The number of aliphatic imine (C=N–C) groups is 1. The average Bonchev–Trinajstić information content (AvgIpc) is 3.04. The molecule has 1 aromatic heterocycles. The molecule has 2 heterocycles. The zero-order valence-corrected chi connectivity index (χ0v) is 20.7. The van der Waals surface area contributed by atoms with Crippen molar-refractivity contribution in [3.63, 3.8) is 0 Å². The van der Waals surface area contributed by atoms with Gasteiger partial charge in [-0.3, -0.25) is 4.99 Å². The van der Waals surface area contributed by atoms with Gasteiger partial charge < -0.3 is 19.9 Å². The molecule has 2 aliphatic rings. The van der Waals surface area contributed by atoms with Crippen LogP contribution in [0, 0.1) is 5.82 Å². The van der Waals surface area contributed by atoms with Crippen LogP contribution in [0.3, 0.4) is 0 Å². The molecule has 5 rings (SSSR count). The van der Waals surface area contributed by atoms with Gasteiger partial charge in [-0.25, -0.2) is 19.2 Å². The maximum Gasteiger partial charge on any atom is 0.339 e. The zero-order chi connectivity index (χ0) is 26.1. The lowest BCUT2D eigenvalue weighted by molar-refractivity contribution is -0.132. The van der Waals surface area contributed by atoms with Crippen molar-refractivity contribution in [3.05, 3.63) is 93.6 Å². The predicted molar refractivity (Wildman–Crippen MR) is 138 cm³/mol. The highest BCUT2D eigenvalue weighted by molar-refractivity contribution is 6.31. The van der Waals surface area contributed by atoms with Crippen LogP contribution in [0.15, 0.2) is 71.1 Å². The Hall–Kier alpha value is -4.24. The number of aliphatic carboxylic acids is 1. The van der Waals surface area contributed by atoms with Crippen LogP contribution >= 0.6 is 11.6 Å². The van der Waals surface area contributed by atoms with Crippen LogP contribution in [0.25, 0.3) is 11.3 Å². The summed E-state index contributed by atoms with van der Waals surface area (Å²) in [6.45, 7) is 0.219. The molecule has 8 nitrogen and oxygen atoms in total. The summed E-state index contributed by atoms with van der Waals surface area (Å²) in [5, 5.41) is 13.1. The van der Waals surface area contributed by atoms with Gasteiger partial charge in [0, 0.05) is 27.9 Å². The van der Waals surface area contributed by atoms with E-state index in [1.165, 1.54) is 20.3 Å². The molecule has 10 heteroatoms. The van der Waals surface area contributed by atoms with Gasteiger partial charge in [-0.2, -0.15) is 0 Å². The second-order valence-corrected chi connectivity index (χ2v) is 8.82. The molecule has 1 atom stereocenters. The number of nitrogens with zero attached hydrogens (tertiary/aromatic N) is 3. The first-order valence-corrected chi connectivity index (χ1v) is 11.8. The summed E-state index contributed by atoms with van der Waals surface area (Å²) in [4.78, 5) is 25.4. The van der Waals surface area contributed by atoms with Crippen LogP contribution in [0.4, 0.5) is 10.3 Å². The quantitative estimate of drug-likeness (QED) is 0.470. The largest absolute Gasteiger partial charge is 0.496 e. The number of nitrogens with one attached hydrogen (secondary N) is 1. The Labute approximate surface area is 217 Å². The van der Waals surface area contributed by atoms with Gasteiger partial charge in [0.15, 0.2) is 0 Å². The summed E-state index contributed by atoms with van der Waals surface area (Å²) in [5.74, 6) is -0.546. The molecular weight excluding hydrogens is 499 g/mol. The first-order chi connectivity index (χ1) is 17.9. The molecule has 0 saturated carbocycles. The molecule has 0 bridgehead atoms. The summed E-state index contributed by atoms with van der Waals surface area (Å²) >= 11 is 6.35. The van der Waals surface area contributed by atoms with Gasteiger partial charge >= 0.3 is 5.97 Å². The molecule has 37 heavy (non-hydrogen) atoms. The fourth-order valence-corrected chi connectivity index (χ4v) is 4.61. The minimum Gasteiger partial charge on any atom is -0.496 e. The van der Waals surface area contributed by atoms with Crippen molar-refractivity contribution in [1.29, 1.82) is 0 Å². The van der Waals surface area contributed by atoms with E-state index < -0.39 is 11.8 Å². The summed E-state index contributed by atoms with van der Waals surface area (Å²) in [7, 11) is 2.91. The zero-order valence-electron chi connectivity index (χ0n) is 20.0. The molecule has 0 amide bonds. The smallest absolute Gasteiger partial charge is 0.339 e. The van der Waals surface area contributed by atoms with E-state index in [2.05, 4.69) is 10.3 Å². The number of carboxylic acids is 1. The molecule has 0 radical (unpaired) electrons. The van der Waals surface area contributed by atoms with Crippen molar-refractivity contribution in [2.45, 2.75) is 19.0 Å². The molecule has 1 aliphatic carbocycles. The van der Waals surface area contributed by atoms with Gasteiger partial charge in [-0.15, -0.1) is 0 Å². The highest BCUT2D eigenvalue weighted by Crippen LogP contribution is 2.36. The van der Waals surface area contributed by atoms with Crippen LogP contribution in [-0.2, 0) is 16.1 Å². The van der Waals surface area contributed by atoms with E-state index in [4.69, 9.17) is 31.1 Å². The lowest BCUT2D eigenvalue weighted by Crippen LogP contribution is -2.23. The molecule has 1 aliphatic heterocycles. The minimum absolute atomic E-state index is 0.113. The van der Waals surface area contributed by atoms with Crippen LogP contribution in [0.5, 0.6) is 5.75 Å². The first-order valence-electron chi connectivity index (χ1n) is 11.4. The monoisotopic (exact) mass is 520 g/mol. The molecule has 2 aromatic carbocycles. The van der Waals surface area contributed by atoms with E-state index >= 15 is 4.39 Å². The predicted octanol–water partition coefficient (Wildman–Crippen LogP) is 5.02. The number of anilines is 1. The fourth-order valence-electron chi connectivity index (χ4n) is 4.43. The van der Waals surface area contributed by atoms with Gasteiger partial charge in [0.1, 0.15) is 17.3 Å². The van der Waals surface area contributed by atoms with Crippen molar-refractivity contribution in [2.24, 2.45) is 4.99 Å². The number of aromatic nitrogens is 2. The van der Waals surface area contributed by atoms with E-state index in [1.807, 2.05) is 6.07 Å². The van der Waals surface area contributed by atoms with Crippen LogP contribution in [0.2, 0.25) is 5.02 Å². The van der Waals surface area contributed by atoms with Gasteiger partial charge in [0.05, 0.1) is 49.3 Å². The lowest BCUT2D eigenvalue weighted by Gasteiger charge is -2.21. The fraction of sp³-hybridized carbons (Fsp3) is 0.185. The van der Waals surface area contributed by atoms with Crippen molar-refractivity contribution in [2.75, 3.05) is 19.5 Å². The molecule has 0 spiro atoms. The normalized spacial score (nSPS) is 16.3. The molecule has 0 saturated heterocycles. The van der Waals surface area contributed by atoms with Gasteiger partial charge in [0.25, 0.3) is 0 Å². The average molecular weight is 521 g/mol. The molecular formula is C27H22ClFN4O4. The van der Waals surface area contributed by atoms with Crippen LogP contribution in [0.1, 0.15) is 23.1 Å². The van der Waals surface area contributed by atoms with Gasteiger partial charge in [-0.05, 0) is 36.8 Å². The van der Waals surface area contributed by atoms with E-state index in [9.17, 15) is 9.90 Å². The molecule has 3 aromatic rings. The summed E-state index contributed by atoms with van der Waals surface area (Å²) in [6, 6.07) is 9.65. The lowest BCUT2D eigenvalue weighted by atomic mass is 9.94. The highest BCUT2D eigenvalue weighted by atomic mass is 35.5. The Kier molecular flexibility index (Phi) is 6.62. The van der Waals surface area contributed by atoms with Crippen molar-refractivity contribution < 1.29 is 23.8 Å². The third-order valence-corrected chi connectivity index (χ3v) is 6.39. The number of halogens is 2. The standard InChI is InChI=1S/C27H22ClFN4O4/c1-36-21-5-3-4-20(29)23(21)25-19-10-15(28)6-8-17(19)24-14(12-30-25)13-31-27(33-24)32-16-7-9-18(26(34)35)22(11-16)37-2/h3-6,8-11,13,16H,7,12H2,1-2H3,(H,34,35)(H,31,32,33). The maximum atomic E-state index is 15.1. The number of benzene rings is 2. The SMILES string of the molecule is COC1=CC(Nc2ncc3c(n2)-c2ccc(Cl)cc2C(c2c(F)cccc2OC)=NC3)CC=C1C(=O)O. The maximum absolute atomic E-state index is 15.1. The first kappa shape index (κ1) is 24.5. The molecule has 0 fully saturated rings. The Bertz CT molecular complexity index is 1500. The number of rotatable bonds is 6. The Morgan fingerprint density at radius 3 is 2.78 bits per heavy atom. The number of carbonyl (C=O) groups is 1. The third-order valence-electron chi connectivity index (χ3n) is 6.15. The molecule has 188 valence electrons. The van der Waals surface area contributed by atoms with E-state index in [1.54, 1.807) is 42.6 Å². The Morgan fingerprint density at radius 2 is 2.03 bits per heavy atom. The van der Waals surface area contributed by atoms with Crippen molar-refractivity contribution in [3.8, 4) is 17.0 Å². The van der Waals surface area contributed by atoms with E-state index in [-0.39, 0.29) is 29.5 Å². The number of ether oxygens (including phenoxy) is 2. The minimum atomic E-state index is -1.05. The van der Waals surface area contributed by atoms with Crippen molar-refractivity contribution in [1.82, 2.24) is 9.97 Å². The highest BCUT2D eigenvalue weighted by Gasteiger charge is 2.26. The number of hydrogen-bond donors (Lipinski definition) is 2. The summed E-state index contributed by atoms with van der Waals surface area (Å²) in [6.07, 6.45) is 5.39. The Morgan fingerprint density at radius 1 is 1.19 bits per heavy atom. The Balaban J connectivity index is 1.55. The number of hydrogen-bond acceptors (Lipinski definition) is 7. The molecule has 2 N–H and O–H groups in total. The number of fused-ring (bicyclic) bond motifs is 3. The van der Waals surface area contributed by atoms with Crippen LogP contribution in [-0.4, -0.2) is 47.0 Å². The topological polar surface area (TPSA) is 106 Å². The second kappa shape index (κ2) is 10.0. The number of methoxy groups -OCH3 is 2. The van der Waals surface area contributed by atoms with E-state index in [0.29, 0.717) is 40.1 Å².